The fraction of sp³-hybridized carbons (Fsp3) is 0.200. The minimum Gasteiger partial charge on any atom is -0.488 e. The molecular weight excluding hydrogens is 295 g/mol. The summed E-state index contributed by atoms with van der Waals surface area (Å²) in [6, 6.07) is 12.6. The molecule has 0 aromatic heterocycles. The summed E-state index contributed by atoms with van der Waals surface area (Å²) in [5, 5.41) is 0.723. The molecule has 1 nitrogen and oxygen atoms in total. The van der Waals surface area contributed by atoms with Crippen LogP contribution in [0.15, 0.2) is 42.5 Å². The summed E-state index contributed by atoms with van der Waals surface area (Å²) >= 11 is 3.43. The summed E-state index contributed by atoms with van der Waals surface area (Å²) in [6.07, 6.45) is 0. The Morgan fingerprint density at radius 1 is 1.06 bits per heavy atom. The molecule has 0 amide bonds. The molecule has 0 bridgehead atoms. The molecule has 18 heavy (non-hydrogen) atoms. The minimum absolute atomic E-state index is 0.230. The van der Waals surface area contributed by atoms with E-state index in [-0.39, 0.29) is 12.4 Å². The van der Waals surface area contributed by atoms with Crippen molar-refractivity contribution in [2.24, 2.45) is 0 Å². The van der Waals surface area contributed by atoms with Gasteiger partial charge in [0.15, 0.2) is 0 Å². The van der Waals surface area contributed by atoms with Crippen LogP contribution in [0.1, 0.15) is 16.7 Å². The number of rotatable bonds is 4. The average Bonchev–Trinajstić information content (AvgIpc) is 2.39. The Morgan fingerprint density at radius 2 is 1.78 bits per heavy atom. The lowest BCUT2D eigenvalue weighted by Gasteiger charge is -2.13. The van der Waals surface area contributed by atoms with Gasteiger partial charge in [-0.2, -0.15) is 0 Å². The second-order valence-corrected chi connectivity index (χ2v) is 4.64. The van der Waals surface area contributed by atoms with Crippen molar-refractivity contribution in [3.63, 3.8) is 0 Å². The highest BCUT2D eigenvalue weighted by Crippen LogP contribution is 2.26. The van der Waals surface area contributed by atoms with Crippen LogP contribution in [0.25, 0.3) is 0 Å². The molecule has 2 aromatic carbocycles. The quantitative estimate of drug-likeness (QED) is 0.750. The van der Waals surface area contributed by atoms with Gasteiger partial charge in [0, 0.05) is 16.5 Å². The van der Waals surface area contributed by atoms with Crippen LogP contribution in [0.2, 0.25) is 0 Å². The van der Waals surface area contributed by atoms with Crippen LogP contribution in [0.4, 0.5) is 4.39 Å². The van der Waals surface area contributed by atoms with Gasteiger partial charge in [-0.3, -0.25) is 0 Å². The molecule has 0 heterocycles. The molecule has 0 unspecified atom stereocenters. The minimum atomic E-state index is -0.230. The zero-order valence-corrected chi connectivity index (χ0v) is 11.7. The first kappa shape index (κ1) is 13.1. The molecule has 0 saturated carbocycles. The van der Waals surface area contributed by atoms with E-state index in [1.54, 1.807) is 12.1 Å². The summed E-state index contributed by atoms with van der Waals surface area (Å²) in [6.45, 7) is 2.24. The maximum Gasteiger partial charge on any atom is 0.129 e. The smallest absolute Gasteiger partial charge is 0.129 e. The summed E-state index contributed by atoms with van der Waals surface area (Å²) in [7, 11) is 0. The van der Waals surface area contributed by atoms with Crippen molar-refractivity contribution < 1.29 is 9.13 Å². The van der Waals surface area contributed by atoms with Gasteiger partial charge in [0.2, 0.25) is 0 Å². The number of benzene rings is 2. The number of ether oxygens (including phenoxy) is 1. The normalized spacial score (nSPS) is 10.4. The summed E-state index contributed by atoms with van der Waals surface area (Å²) in [4.78, 5) is 0. The van der Waals surface area contributed by atoms with Crippen molar-refractivity contribution in [1.29, 1.82) is 0 Å². The highest BCUT2D eigenvalue weighted by Gasteiger charge is 2.07. The zero-order chi connectivity index (χ0) is 13.0. The van der Waals surface area contributed by atoms with Gasteiger partial charge in [-0.1, -0.05) is 52.3 Å². The first-order chi connectivity index (χ1) is 8.72. The molecule has 0 fully saturated rings. The van der Waals surface area contributed by atoms with Gasteiger partial charge in [-0.15, -0.1) is 0 Å². The SMILES string of the molecule is Cc1cccc(CBr)c1OCc1ccccc1F. The Balaban J connectivity index is 2.18. The zero-order valence-electron chi connectivity index (χ0n) is 10.1. The van der Waals surface area contributed by atoms with Gasteiger partial charge in [-0.25, -0.2) is 4.39 Å². The molecule has 0 radical (unpaired) electrons. The maximum atomic E-state index is 13.5. The van der Waals surface area contributed by atoms with Gasteiger partial charge in [0.1, 0.15) is 18.2 Å². The van der Waals surface area contributed by atoms with E-state index in [1.807, 2.05) is 31.2 Å². The van der Waals surface area contributed by atoms with Crippen LogP contribution in [0.3, 0.4) is 0 Å². The Labute approximate surface area is 115 Å². The van der Waals surface area contributed by atoms with Crippen LogP contribution >= 0.6 is 15.9 Å². The molecule has 0 N–H and O–H groups in total. The number of para-hydroxylation sites is 1. The van der Waals surface area contributed by atoms with E-state index in [2.05, 4.69) is 15.9 Å². The molecule has 2 rings (SSSR count). The molecule has 0 saturated heterocycles. The fourth-order valence-electron chi connectivity index (χ4n) is 1.79. The second kappa shape index (κ2) is 6.01. The van der Waals surface area contributed by atoms with E-state index in [9.17, 15) is 4.39 Å². The number of alkyl halides is 1. The van der Waals surface area contributed by atoms with E-state index in [1.165, 1.54) is 6.07 Å². The van der Waals surface area contributed by atoms with Crippen LogP contribution in [-0.2, 0) is 11.9 Å². The van der Waals surface area contributed by atoms with Crippen molar-refractivity contribution in [3.05, 3.63) is 65.0 Å². The van der Waals surface area contributed by atoms with E-state index < -0.39 is 0 Å². The maximum absolute atomic E-state index is 13.5. The average molecular weight is 309 g/mol. The highest BCUT2D eigenvalue weighted by molar-refractivity contribution is 9.08. The molecule has 0 aliphatic heterocycles. The number of aryl methyl sites for hydroxylation is 1. The monoisotopic (exact) mass is 308 g/mol. The number of halogens is 2. The van der Waals surface area contributed by atoms with Crippen molar-refractivity contribution >= 4 is 15.9 Å². The van der Waals surface area contributed by atoms with Crippen molar-refractivity contribution in [3.8, 4) is 5.75 Å². The predicted octanol–water partition coefficient (Wildman–Crippen LogP) is 4.61. The summed E-state index contributed by atoms with van der Waals surface area (Å²) in [5.74, 6) is 0.601. The Kier molecular flexibility index (Phi) is 4.37. The first-order valence-corrected chi connectivity index (χ1v) is 6.85. The third-order valence-electron chi connectivity index (χ3n) is 2.77. The molecule has 2 aromatic rings. The number of hydrogen-bond donors (Lipinski definition) is 0. The van der Waals surface area contributed by atoms with E-state index in [0.29, 0.717) is 5.56 Å². The fourth-order valence-corrected chi connectivity index (χ4v) is 2.23. The van der Waals surface area contributed by atoms with Crippen molar-refractivity contribution in [2.75, 3.05) is 0 Å². The van der Waals surface area contributed by atoms with Crippen LogP contribution in [0, 0.1) is 12.7 Å². The molecule has 0 atom stereocenters. The van der Waals surface area contributed by atoms with Crippen molar-refractivity contribution in [2.45, 2.75) is 18.9 Å². The van der Waals surface area contributed by atoms with Gasteiger partial charge >= 0.3 is 0 Å². The van der Waals surface area contributed by atoms with Crippen LogP contribution in [-0.4, -0.2) is 0 Å². The Morgan fingerprint density at radius 3 is 2.50 bits per heavy atom. The Hall–Kier alpha value is -1.35. The summed E-state index contributed by atoms with van der Waals surface area (Å²) < 4.78 is 19.2. The third-order valence-corrected chi connectivity index (χ3v) is 3.37. The van der Waals surface area contributed by atoms with Crippen LogP contribution < -0.4 is 4.74 Å². The van der Waals surface area contributed by atoms with Crippen molar-refractivity contribution in [1.82, 2.24) is 0 Å². The molecule has 3 heteroatoms. The third kappa shape index (κ3) is 2.91. The molecule has 0 aliphatic carbocycles. The molecule has 0 aliphatic rings. The second-order valence-electron chi connectivity index (χ2n) is 4.08. The van der Waals surface area contributed by atoms with Gasteiger partial charge in [0.05, 0.1) is 0 Å². The number of hydrogen-bond acceptors (Lipinski definition) is 1. The lowest BCUT2D eigenvalue weighted by atomic mass is 10.1. The van der Waals surface area contributed by atoms with Gasteiger partial charge < -0.3 is 4.74 Å². The van der Waals surface area contributed by atoms with E-state index in [4.69, 9.17) is 4.74 Å². The predicted molar refractivity (Wildman–Crippen MR) is 74.5 cm³/mol. The summed E-state index contributed by atoms with van der Waals surface area (Å²) in [5.41, 5.74) is 2.70. The van der Waals surface area contributed by atoms with E-state index >= 15 is 0 Å². The molecular formula is C15H14BrFO. The van der Waals surface area contributed by atoms with Crippen LogP contribution in [0.5, 0.6) is 5.75 Å². The highest BCUT2D eigenvalue weighted by atomic mass is 79.9. The standard InChI is InChI=1S/C15H14BrFO/c1-11-5-4-7-12(9-16)15(11)18-10-13-6-2-3-8-14(13)17/h2-8H,9-10H2,1H3. The van der Waals surface area contributed by atoms with E-state index in [0.717, 1.165) is 22.2 Å². The Bertz CT molecular complexity index is 540. The molecule has 94 valence electrons. The lowest BCUT2D eigenvalue weighted by Crippen LogP contribution is -2.01. The molecule has 0 spiro atoms. The van der Waals surface area contributed by atoms with Gasteiger partial charge in [-0.05, 0) is 18.6 Å². The van der Waals surface area contributed by atoms with Gasteiger partial charge in [0.25, 0.3) is 0 Å². The first-order valence-electron chi connectivity index (χ1n) is 5.73. The largest absolute Gasteiger partial charge is 0.488 e. The lowest BCUT2D eigenvalue weighted by molar-refractivity contribution is 0.295. The topological polar surface area (TPSA) is 9.23 Å².